The Bertz CT molecular complexity index is 435. The lowest BCUT2D eigenvalue weighted by Crippen LogP contribution is -2.18. The van der Waals surface area contributed by atoms with Crippen molar-refractivity contribution in [2.24, 2.45) is 0 Å². The van der Waals surface area contributed by atoms with Gasteiger partial charge in [-0.05, 0) is 39.5 Å². The molecule has 0 radical (unpaired) electrons. The highest BCUT2D eigenvalue weighted by Crippen LogP contribution is 2.09. The number of sulfone groups is 1. The Labute approximate surface area is 104 Å². The van der Waals surface area contributed by atoms with Crippen molar-refractivity contribution in [1.29, 1.82) is 0 Å². The summed E-state index contributed by atoms with van der Waals surface area (Å²) in [6.07, 6.45) is 0.696. The number of hydrogen-bond donors (Lipinski definition) is 0. The summed E-state index contributed by atoms with van der Waals surface area (Å²) in [5.74, 6) is 0.416. The molecule has 1 aromatic rings. The lowest BCUT2D eigenvalue weighted by atomic mass is 10.2. The summed E-state index contributed by atoms with van der Waals surface area (Å²) in [6, 6.07) is 7.67. The molecule has 4 heteroatoms. The molecule has 0 aliphatic rings. The van der Waals surface area contributed by atoms with Crippen LogP contribution in [0.2, 0.25) is 0 Å². The normalized spacial score (nSPS) is 12.0. The summed E-state index contributed by atoms with van der Waals surface area (Å²) in [5.41, 5.74) is 2.03. The Hall–Kier alpha value is -0.870. The summed E-state index contributed by atoms with van der Waals surface area (Å²) >= 11 is 0. The topological polar surface area (TPSA) is 37.4 Å². The Kier molecular flexibility index (Phi) is 5.15. The van der Waals surface area contributed by atoms with Crippen LogP contribution in [0.25, 0.3) is 0 Å². The molecule has 0 heterocycles. The third-order valence-corrected chi connectivity index (χ3v) is 4.25. The van der Waals surface area contributed by atoms with Gasteiger partial charge < -0.3 is 4.90 Å². The monoisotopic (exact) mass is 255 g/mol. The largest absolute Gasteiger partial charge is 0.309 e. The zero-order valence-corrected chi connectivity index (χ0v) is 11.6. The van der Waals surface area contributed by atoms with E-state index in [2.05, 4.69) is 0 Å². The average Bonchev–Trinajstić information content (AvgIpc) is 2.20. The third kappa shape index (κ3) is 5.84. The van der Waals surface area contributed by atoms with E-state index in [1.54, 1.807) is 0 Å². The van der Waals surface area contributed by atoms with Gasteiger partial charge in [-0.25, -0.2) is 8.42 Å². The molecule has 3 nitrogen and oxygen atoms in total. The molecule has 0 aromatic heterocycles. The highest BCUT2D eigenvalue weighted by Gasteiger charge is 2.11. The molecular formula is C13H21NO2S. The van der Waals surface area contributed by atoms with Crippen molar-refractivity contribution in [3.05, 3.63) is 35.4 Å². The number of aryl methyl sites for hydroxylation is 1. The molecule has 1 aromatic carbocycles. The summed E-state index contributed by atoms with van der Waals surface area (Å²) in [6.45, 7) is 2.81. The molecule has 0 amide bonds. The minimum atomic E-state index is -2.97. The van der Waals surface area contributed by atoms with Gasteiger partial charge in [-0.2, -0.15) is 0 Å². The van der Waals surface area contributed by atoms with E-state index in [0.717, 1.165) is 17.7 Å². The molecule has 0 aliphatic heterocycles. The maximum absolute atomic E-state index is 11.8. The second-order valence-corrected chi connectivity index (χ2v) is 6.92. The van der Waals surface area contributed by atoms with Crippen LogP contribution < -0.4 is 0 Å². The van der Waals surface area contributed by atoms with Gasteiger partial charge in [0.25, 0.3) is 0 Å². The zero-order valence-electron chi connectivity index (χ0n) is 10.8. The Morgan fingerprint density at radius 3 is 2.24 bits per heavy atom. The van der Waals surface area contributed by atoms with Crippen molar-refractivity contribution in [2.75, 3.05) is 26.4 Å². The van der Waals surface area contributed by atoms with Gasteiger partial charge >= 0.3 is 0 Å². The Morgan fingerprint density at radius 1 is 1.12 bits per heavy atom. The number of rotatable bonds is 6. The van der Waals surface area contributed by atoms with Gasteiger partial charge in [0.05, 0.1) is 11.5 Å². The first-order chi connectivity index (χ1) is 7.89. The van der Waals surface area contributed by atoms with E-state index in [0.29, 0.717) is 6.42 Å². The number of nitrogens with zero attached hydrogens (tertiary/aromatic N) is 1. The molecule has 0 unspecified atom stereocenters. The summed E-state index contributed by atoms with van der Waals surface area (Å²) in [5, 5.41) is 0. The molecule has 0 fully saturated rings. The van der Waals surface area contributed by atoms with Gasteiger partial charge in [0.1, 0.15) is 0 Å². The fraction of sp³-hybridized carbons (Fsp3) is 0.538. The van der Waals surface area contributed by atoms with Gasteiger partial charge in [-0.15, -0.1) is 0 Å². The van der Waals surface area contributed by atoms with E-state index >= 15 is 0 Å². The molecule has 0 N–H and O–H groups in total. The average molecular weight is 255 g/mol. The summed E-state index contributed by atoms with van der Waals surface area (Å²) in [7, 11) is 0.932. The van der Waals surface area contributed by atoms with E-state index in [9.17, 15) is 8.42 Å². The molecule has 0 saturated carbocycles. The summed E-state index contributed by atoms with van der Waals surface area (Å²) in [4.78, 5) is 2.00. The summed E-state index contributed by atoms with van der Waals surface area (Å²) < 4.78 is 23.7. The van der Waals surface area contributed by atoms with Crippen molar-refractivity contribution in [3.63, 3.8) is 0 Å². The van der Waals surface area contributed by atoms with E-state index in [4.69, 9.17) is 0 Å². The molecule has 0 atom stereocenters. The first kappa shape index (κ1) is 14.2. The first-order valence-corrected chi connectivity index (χ1v) is 7.62. The predicted octanol–water partition coefficient (Wildman–Crippen LogP) is 1.86. The van der Waals surface area contributed by atoms with Crippen molar-refractivity contribution >= 4 is 9.84 Å². The van der Waals surface area contributed by atoms with Crippen LogP contribution in [0.1, 0.15) is 17.5 Å². The van der Waals surface area contributed by atoms with Gasteiger partial charge in [0.2, 0.25) is 0 Å². The molecule has 0 bridgehead atoms. The number of hydrogen-bond acceptors (Lipinski definition) is 3. The minimum absolute atomic E-state index is 0.153. The molecular weight excluding hydrogens is 234 g/mol. The van der Waals surface area contributed by atoms with Crippen LogP contribution in [0.4, 0.5) is 0 Å². The van der Waals surface area contributed by atoms with E-state index < -0.39 is 9.84 Å². The maximum atomic E-state index is 11.8. The van der Waals surface area contributed by atoms with Crippen LogP contribution in [0.15, 0.2) is 24.3 Å². The highest BCUT2D eigenvalue weighted by molar-refractivity contribution is 7.90. The Morgan fingerprint density at radius 2 is 1.71 bits per heavy atom. The van der Waals surface area contributed by atoms with E-state index in [-0.39, 0.29) is 11.5 Å². The van der Waals surface area contributed by atoms with E-state index in [1.807, 2.05) is 50.2 Å². The molecule has 0 saturated heterocycles. The maximum Gasteiger partial charge on any atom is 0.154 e. The van der Waals surface area contributed by atoms with Gasteiger partial charge in [0, 0.05) is 0 Å². The Balaban J connectivity index is 2.52. The zero-order chi connectivity index (χ0) is 12.9. The number of benzene rings is 1. The van der Waals surface area contributed by atoms with Crippen molar-refractivity contribution in [3.8, 4) is 0 Å². The van der Waals surface area contributed by atoms with Crippen LogP contribution in [-0.2, 0) is 15.6 Å². The minimum Gasteiger partial charge on any atom is -0.309 e. The van der Waals surface area contributed by atoms with Crippen LogP contribution in [-0.4, -0.2) is 39.7 Å². The molecule has 0 aliphatic carbocycles. The van der Waals surface area contributed by atoms with Crippen molar-refractivity contribution in [1.82, 2.24) is 4.90 Å². The van der Waals surface area contributed by atoms with Gasteiger partial charge in [-0.1, -0.05) is 29.8 Å². The second kappa shape index (κ2) is 6.17. The fourth-order valence-electron chi connectivity index (χ4n) is 1.61. The fourth-order valence-corrected chi connectivity index (χ4v) is 3.02. The van der Waals surface area contributed by atoms with Gasteiger partial charge in [0.15, 0.2) is 9.84 Å². The lowest BCUT2D eigenvalue weighted by molar-refractivity contribution is 0.408. The molecule has 96 valence electrons. The smallest absolute Gasteiger partial charge is 0.154 e. The molecule has 1 rings (SSSR count). The first-order valence-electron chi connectivity index (χ1n) is 5.80. The van der Waals surface area contributed by atoms with Crippen LogP contribution in [0, 0.1) is 6.92 Å². The molecule has 17 heavy (non-hydrogen) atoms. The van der Waals surface area contributed by atoms with Crippen molar-refractivity contribution < 1.29 is 8.42 Å². The van der Waals surface area contributed by atoms with Crippen LogP contribution in [0.3, 0.4) is 0 Å². The predicted molar refractivity (Wildman–Crippen MR) is 71.8 cm³/mol. The van der Waals surface area contributed by atoms with Crippen LogP contribution in [0.5, 0.6) is 0 Å². The third-order valence-electron chi connectivity index (χ3n) is 2.57. The van der Waals surface area contributed by atoms with Gasteiger partial charge in [-0.3, -0.25) is 0 Å². The van der Waals surface area contributed by atoms with Crippen LogP contribution >= 0.6 is 0 Å². The SMILES string of the molecule is Cc1ccc(CS(=O)(=O)CCCN(C)C)cc1. The molecule has 0 spiro atoms. The second-order valence-electron chi connectivity index (χ2n) is 4.73. The lowest BCUT2D eigenvalue weighted by Gasteiger charge is -2.09. The van der Waals surface area contributed by atoms with Crippen molar-refractivity contribution in [2.45, 2.75) is 19.1 Å². The quantitative estimate of drug-likeness (QED) is 0.778. The standard InChI is InChI=1S/C13H21NO2S/c1-12-5-7-13(8-6-12)11-17(15,16)10-4-9-14(2)3/h5-8H,4,9-11H2,1-3H3. The van der Waals surface area contributed by atoms with E-state index in [1.165, 1.54) is 0 Å². The highest BCUT2D eigenvalue weighted by atomic mass is 32.2.